The van der Waals surface area contributed by atoms with Crippen LogP contribution in [0.1, 0.15) is 42.4 Å². The fraction of sp³-hybridized carbons (Fsp3) is 0.333. The van der Waals surface area contributed by atoms with E-state index in [1.807, 2.05) is 79.7 Å². The lowest BCUT2D eigenvalue weighted by Gasteiger charge is -2.32. The van der Waals surface area contributed by atoms with Gasteiger partial charge in [-0.05, 0) is 54.7 Å². The lowest BCUT2D eigenvalue weighted by Crippen LogP contribution is -2.53. The van der Waals surface area contributed by atoms with Gasteiger partial charge in [0.2, 0.25) is 5.91 Å². The van der Waals surface area contributed by atoms with Crippen LogP contribution in [0.5, 0.6) is 5.75 Å². The number of benzene rings is 3. The van der Waals surface area contributed by atoms with Crippen LogP contribution in [0.3, 0.4) is 0 Å². The maximum absolute atomic E-state index is 13.7. The van der Waals surface area contributed by atoms with E-state index in [1.165, 1.54) is 0 Å². The number of nitrogens with zero attached hydrogens (tertiary/aromatic N) is 1. The Hall–Kier alpha value is -3.31. The molecule has 3 aromatic carbocycles. The van der Waals surface area contributed by atoms with Gasteiger partial charge in [0.05, 0.1) is 0 Å². The first-order valence-corrected chi connectivity index (χ1v) is 12.9. The fourth-order valence-electron chi connectivity index (χ4n) is 4.66. The Morgan fingerprint density at radius 1 is 1.00 bits per heavy atom. The minimum absolute atomic E-state index is 0.137. The van der Waals surface area contributed by atoms with E-state index in [0.717, 1.165) is 42.4 Å². The molecular weight excluding hydrogens is 472 g/mol. The lowest BCUT2D eigenvalue weighted by atomic mass is 10.0. The monoisotopic (exact) mass is 504 g/mol. The zero-order valence-corrected chi connectivity index (χ0v) is 21.4. The maximum Gasteiger partial charge on any atom is 0.261 e. The second-order valence-corrected chi connectivity index (χ2v) is 9.82. The number of rotatable bonds is 10. The van der Waals surface area contributed by atoms with Crippen LogP contribution in [0.25, 0.3) is 0 Å². The predicted molar refractivity (Wildman–Crippen MR) is 143 cm³/mol. The molecule has 0 unspecified atom stereocenters. The van der Waals surface area contributed by atoms with Crippen molar-refractivity contribution in [1.82, 2.24) is 10.2 Å². The second-order valence-electron chi connectivity index (χ2n) is 9.41. The van der Waals surface area contributed by atoms with Gasteiger partial charge in [-0.15, -0.1) is 0 Å². The van der Waals surface area contributed by atoms with Crippen LogP contribution in [-0.2, 0) is 22.6 Å². The average Bonchev–Trinajstić information content (AvgIpc) is 3.39. The summed E-state index contributed by atoms with van der Waals surface area (Å²) >= 11 is 6.48. The number of halogens is 1. The maximum atomic E-state index is 13.7. The van der Waals surface area contributed by atoms with Crippen molar-refractivity contribution in [3.05, 3.63) is 101 Å². The van der Waals surface area contributed by atoms with Gasteiger partial charge < -0.3 is 15.0 Å². The van der Waals surface area contributed by atoms with Crippen LogP contribution in [0.15, 0.2) is 78.9 Å². The van der Waals surface area contributed by atoms with E-state index >= 15 is 0 Å². The Labute approximate surface area is 218 Å². The highest BCUT2D eigenvalue weighted by Gasteiger charge is 2.32. The topological polar surface area (TPSA) is 58.6 Å². The molecule has 5 nitrogen and oxygen atoms in total. The van der Waals surface area contributed by atoms with E-state index in [4.69, 9.17) is 16.3 Å². The molecular formula is C30H33ClN2O3. The summed E-state index contributed by atoms with van der Waals surface area (Å²) in [4.78, 5) is 29.0. The quantitative estimate of drug-likeness (QED) is 0.384. The largest absolute Gasteiger partial charge is 0.484 e. The molecule has 6 heteroatoms. The average molecular weight is 505 g/mol. The Balaban J connectivity index is 1.62. The van der Waals surface area contributed by atoms with E-state index in [9.17, 15) is 9.59 Å². The van der Waals surface area contributed by atoms with Gasteiger partial charge in [-0.25, -0.2) is 0 Å². The molecule has 4 rings (SSSR count). The van der Waals surface area contributed by atoms with Gasteiger partial charge >= 0.3 is 0 Å². The van der Waals surface area contributed by atoms with E-state index in [2.05, 4.69) is 5.32 Å². The summed E-state index contributed by atoms with van der Waals surface area (Å²) in [5.41, 5.74) is 2.82. The van der Waals surface area contributed by atoms with Gasteiger partial charge in [-0.1, -0.05) is 85.1 Å². The number of hydrogen-bond donors (Lipinski definition) is 1. The summed E-state index contributed by atoms with van der Waals surface area (Å²) in [7, 11) is 0. The van der Waals surface area contributed by atoms with Gasteiger partial charge in [0, 0.05) is 24.0 Å². The number of nitrogens with one attached hydrogen (secondary N) is 1. The highest BCUT2D eigenvalue weighted by molar-refractivity contribution is 6.31. The van der Waals surface area contributed by atoms with E-state index in [1.54, 1.807) is 11.0 Å². The van der Waals surface area contributed by atoms with Crippen molar-refractivity contribution in [2.24, 2.45) is 0 Å². The molecule has 0 aliphatic heterocycles. The molecule has 1 N–H and O–H groups in total. The zero-order valence-electron chi connectivity index (χ0n) is 20.7. The molecule has 3 aromatic rings. The molecule has 0 saturated heterocycles. The van der Waals surface area contributed by atoms with Crippen molar-refractivity contribution >= 4 is 23.4 Å². The van der Waals surface area contributed by atoms with E-state index in [0.29, 0.717) is 17.2 Å². The van der Waals surface area contributed by atoms with Crippen LogP contribution in [0, 0.1) is 6.92 Å². The summed E-state index contributed by atoms with van der Waals surface area (Å²) in [5, 5.41) is 3.77. The van der Waals surface area contributed by atoms with Crippen molar-refractivity contribution < 1.29 is 14.3 Å². The summed E-state index contributed by atoms with van der Waals surface area (Å²) in [6.45, 7) is 2.02. The van der Waals surface area contributed by atoms with Crippen molar-refractivity contribution in [2.45, 2.75) is 57.7 Å². The number of amides is 2. The second kappa shape index (κ2) is 12.6. The Bertz CT molecular complexity index is 1160. The first-order chi connectivity index (χ1) is 17.5. The first-order valence-electron chi connectivity index (χ1n) is 12.6. The number of hydrogen-bond acceptors (Lipinski definition) is 3. The molecule has 1 fully saturated rings. The van der Waals surface area contributed by atoms with Gasteiger partial charge in [0.25, 0.3) is 5.91 Å². The molecule has 1 aliphatic carbocycles. The number of aryl methyl sites for hydroxylation is 1. The van der Waals surface area contributed by atoms with Crippen LogP contribution >= 0.6 is 11.6 Å². The van der Waals surface area contributed by atoms with Crippen LogP contribution in [0.2, 0.25) is 5.02 Å². The van der Waals surface area contributed by atoms with Crippen LogP contribution in [0.4, 0.5) is 0 Å². The van der Waals surface area contributed by atoms with E-state index in [-0.39, 0.29) is 31.0 Å². The Morgan fingerprint density at radius 2 is 1.72 bits per heavy atom. The lowest BCUT2D eigenvalue weighted by molar-refractivity contribution is -0.143. The third-order valence-electron chi connectivity index (χ3n) is 6.62. The Kier molecular flexibility index (Phi) is 9.01. The molecule has 0 bridgehead atoms. The minimum atomic E-state index is -0.696. The fourth-order valence-corrected chi connectivity index (χ4v) is 4.86. The molecule has 0 spiro atoms. The standard InChI is InChI=1S/C30H33ClN2O3/c1-22-10-9-16-26(18-22)36-21-29(34)33(20-24-13-5-8-17-27(24)31)28(19-23-11-3-2-4-12-23)30(35)32-25-14-6-7-15-25/h2-5,8-13,16-18,25,28H,6-7,14-15,19-21H2,1H3,(H,32,35)/t28-/m0/s1. The third-order valence-corrected chi connectivity index (χ3v) is 6.99. The minimum Gasteiger partial charge on any atom is -0.484 e. The normalized spacial score (nSPS) is 14.3. The highest BCUT2D eigenvalue weighted by atomic mass is 35.5. The molecule has 36 heavy (non-hydrogen) atoms. The van der Waals surface area contributed by atoms with Crippen LogP contribution < -0.4 is 10.1 Å². The number of carbonyl (C=O) groups is 2. The molecule has 0 aromatic heterocycles. The highest BCUT2D eigenvalue weighted by Crippen LogP contribution is 2.23. The number of ether oxygens (including phenoxy) is 1. The van der Waals surface area contributed by atoms with Crippen molar-refractivity contribution in [3.63, 3.8) is 0 Å². The molecule has 1 atom stereocenters. The summed E-state index contributed by atoms with van der Waals surface area (Å²) in [5.74, 6) is 0.219. The van der Waals surface area contributed by atoms with Gasteiger partial charge in [-0.2, -0.15) is 0 Å². The zero-order chi connectivity index (χ0) is 25.3. The first kappa shape index (κ1) is 25.8. The Morgan fingerprint density at radius 3 is 2.44 bits per heavy atom. The van der Waals surface area contributed by atoms with Crippen LogP contribution in [-0.4, -0.2) is 35.4 Å². The van der Waals surface area contributed by atoms with Gasteiger partial charge in [0.15, 0.2) is 6.61 Å². The van der Waals surface area contributed by atoms with E-state index < -0.39 is 6.04 Å². The van der Waals surface area contributed by atoms with Crippen molar-refractivity contribution in [1.29, 1.82) is 0 Å². The molecule has 2 amide bonds. The summed E-state index contributed by atoms with van der Waals surface area (Å²) in [6, 6.07) is 24.3. The molecule has 0 heterocycles. The molecule has 1 saturated carbocycles. The third kappa shape index (κ3) is 7.11. The SMILES string of the molecule is Cc1cccc(OCC(=O)N(Cc2ccccc2Cl)[C@@H](Cc2ccccc2)C(=O)NC2CCCC2)c1. The van der Waals surface area contributed by atoms with Crippen molar-refractivity contribution in [2.75, 3.05) is 6.61 Å². The smallest absolute Gasteiger partial charge is 0.261 e. The number of carbonyl (C=O) groups excluding carboxylic acids is 2. The summed E-state index contributed by atoms with van der Waals surface area (Å²) < 4.78 is 5.86. The molecule has 1 aliphatic rings. The van der Waals surface area contributed by atoms with Crippen molar-refractivity contribution in [3.8, 4) is 5.75 Å². The van der Waals surface area contributed by atoms with Gasteiger partial charge in [-0.3, -0.25) is 9.59 Å². The molecule has 0 radical (unpaired) electrons. The predicted octanol–water partition coefficient (Wildman–Crippen LogP) is 5.73. The molecule has 188 valence electrons. The summed E-state index contributed by atoms with van der Waals surface area (Å²) in [6.07, 6.45) is 4.57. The van der Waals surface area contributed by atoms with Gasteiger partial charge in [0.1, 0.15) is 11.8 Å².